The SMILES string of the molecule is COC(=O)[C@H]1[C@@H]2CCCN2[C@@](/C=C/c2ccccc2)(C(=O)OC)[C@H]1C(=O)OC. The van der Waals surface area contributed by atoms with Crippen molar-refractivity contribution in [1.82, 2.24) is 4.90 Å². The van der Waals surface area contributed by atoms with Gasteiger partial charge in [-0.1, -0.05) is 42.5 Å². The van der Waals surface area contributed by atoms with Gasteiger partial charge in [0.05, 0.1) is 27.2 Å². The zero-order valence-electron chi connectivity index (χ0n) is 16.3. The molecule has 3 rings (SSSR count). The fourth-order valence-corrected chi connectivity index (χ4v) is 4.64. The molecule has 0 unspecified atom stereocenters. The highest BCUT2D eigenvalue weighted by Gasteiger charge is 2.68. The molecule has 2 aliphatic heterocycles. The third kappa shape index (κ3) is 3.09. The Kier molecular flexibility index (Phi) is 5.84. The van der Waals surface area contributed by atoms with Crippen LogP contribution in [0.4, 0.5) is 0 Å². The molecule has 0 amide bonds. The first kappa shape index (κ1) is 20.1. The molecule has 2 saturated heterocycles. The van der Waals surface area contributed by atoms with E-state index in [0.29, 0.717) is 13.0 Å². The minimum absolute atomic E-state index is 0.295. The van der Waals surface area contributed by atoms with Crippen LogP contribution in [0, 0.1) is 11.8 Å². The lowest BCUT2D eigenvalue weighted by Gasteiger charge is -2.35. The van der Waals surface area contributed by atoms with Gasteiger partial charge in [0.1, 0.15) is 5.92 Å². The number of esters is 3. The fourth-order valence-electron chi connectivity index (χ4n) is 4.64. The molecule has 2 aliphatic rings. The molecular weight excluding hydrogens is 362 g/mol. The highest BCUT2D eigenvalue weighted by molar-refractivity contribution is 5.96. The Bertz CT molecular complexity index is 776. The number of ether oxygens (including phenoxy) is 3. The lowest BCUT2D eigenvalue weighted by molar-refractivity contribution is -0.164. The Morgan fingerprint density at radius 3 is 2.32 bits per heavy atom. The van der Waals surface area contributed by atoms with E-state index in [4.69, 9.17) is 14.2 Å². The highest BCUT2D eigenvalue weighted by Crippen LogP contribution is 2.50. The summed E-state index contributed by atoms with van der Waals surface area (Å²) in [6.45, 7) is 0.569. The quantitative estimate of drug-likeness (QED) is 0.561. The maximum absolute atomic E-state index is 13.1. The van der Waals surface area contributed by atoms with Gasteiger partial charge in [0, 0.05) is 6.04 Å². The summed E-state index contributed by atoms with van der Waals surface area (Å²) in [5.41, 5.74) is -0.566. The molecule has 28 heavy (non-hydrogen) atoms. The van der Waals surface area contributed by atoms with Crippen molar-refractivity contribution in [3.63, 3.8) is 0 Å². The summed E-state index contributed by atoms with van der Waals surface area (Å²) in [5, 5.41) is 0. The van der Waals surface area contributed by atoms with Crippen molar-refractivity contribution < 1.29 is 28.6 Å². The molecule has 0 radical (unpaired) electrons. The second-order valence-electron chi connectivity index (χ2n) is 7.01. The van der Waals surface area contributed by atoms with Gasteiger partial charge < -0.3 is 14.2 Å². The standard InChI is InChI=1S/C21H25NO6/c1-26-18(23)16-15-10-7-13-22(15)21(20(25)28-3,17(16)19(24)27-2)12-11-14-8-5-4-6-9-14/h4-6,8-9,11-12,15-17H,7,10,13H2,1-3H3/b12-11+/t15-,16-,17+,21+/m0/s1. The van der Waals surface area contributed by atoms with Crippen LogP contribution < -0.4 is 0 Å². The number of rotatable bonds is 5. The molecule has 4 atom stereocenters. The van der Waals surface area contributed by atoms with E-state index in [1.807, 2.05) is 35.2 Å². The number of carbonyl (C=O) groups excluding carboxylic acids is 3. The van der Waals surface area contributed by atoms with E-state index in [0.717, 1.165) is 12.0 Å². The molecule has 7 nitrogen and oxygen atoms in total. The van der Waals surface area contributed by atoms with Gasteiger partial charge >= 0.3 is 17.9 Å². The average Bonchev–Trinajstić information content (AvgIpc) is 3.31. The van der Waals surface area contributed by atoms with E-state index in [1.54, 1.807) is 12.2 Å². The maximum atomic E-state index is 13.1. The number of fused-ring (bicyclic) bond motifs is 1. The summed E-state index contributed by atoms with van der Waals surface area (Å²) >= 11 is 0. The number of methoxy groups -OCH3 is 3. The van der Waals surface area contributed by atoms with Crippen molar-refractivity contribution in [2.75, 3.05) is 27.9 Å². The third-order valence-electron chi connectivity index (χ3n) is 5.79. The van der Waals surface area contributed by atoms with Crippen LogP contribution in [0.15, 0.2) is 36.4 Å². The molecule has 0 aliphatic carbocycles. The number of nitrogens with zero attached hydrogens (tertiary/aromatic N) is 1. The van der Waals surface area contributed by atoms with Crippen LogP contribution in [0.3, 0.4) is 0 Å². The number of carbonyl (C=O) groups is 3. The van der Waals surface area contributed by atoms with E-state index in [1.165, 1.54) is 21.3 Å². The van der Waals surface area contributed by atoms with Crippen LogP contribution in [0.25, 0.3) is 6.08 Å². The first-order chi connectivity index (χ1) is 13.5. The molecule has 2 heterocycles. The molecule has 0 aromatic heterocycles. The van der Waals surface area contributed by atoms with Crippen molar-refractivity contribution in [3.05, 3.63) is 42.0 Å². The molecule has 150 valence electrons. The average molecular weight is 387 g/mol. The first-order valence-electron chi connectivity index (χ1n) is 9.26. The topological polar surface area (TPSA) is 82.1 Å². The van der Waals surface area contributed by atoms with E-state index < -0.39 is 35.3 Å². The predicted molar refractivity (Wildman–Crippen MR) is 101 cm³/mol. The van der Waals surface area contributed by atoms with Gasteiger partial charge in [-0.3, -0.25) is 14.5 Å². The first-order valence-corrected chi connectivity index (χ1v) is 9.26. The van der Waals surface area contributed by atoms with Gasteiger partial charge in [-0.15, -0.1) is 0 Å². The van der Waals surface area contributed by atoms with Crippen LogP contribution >= 0.6 is 0 Å². The molecule has 0 bridgehead atoms. The zero-order chi connectivity index (χ0) is 20.3. The molecule has 0 spiro atoms. The Morgan fingerprint density at radius 1 is 1.04 bits per heavy atom. The van der Waals surface area contributed by atoms with E-state index in [9.17, 15) is 14.4 Å². The van der Waals surface area contributed by atoms with Gasteiger partial charge in [-0.25, -0.2) is 4.79 Å². The summed E-state index contributed by atoms with van der Waals surface area (Å²) in [5.74, 6) is -3.60. The van der Waals surface area contributed by atoms with E-state index in [-0.39, 0.29) is 6.04 Å². The van der Waals surface area contributed by atoms with Crippen molar-refractivity contribution in [2.24, 2.45) is 11.8 Å². The summed E-state index contributed by atoms with van der Waals surface area (Å²) < 4.78 is 15.1. The highest BCUT2D eigenvalue weighted by atomic mass is 16.5. The van der Waals surface area contributed by atoms with Crippen molar-refractivity contribution in [3.8, 4) is 0 Å². The van der Waals surface area contributed by atoms with Crippen LogP contribution in [-0.2, 0) is 28.6 Å². The van der Waals surface area contributed by atoms with Gasteiger partial charge in [0.2, 0.25) is 0 Å². The van der Waals surface area contributed by atoms with Crippen molar-refractivity contribution in [1.29, 1.82) is 0 Å². The fraction of sp³-hybridized carbons (Fsp3) is 0.476. The Morgan fingerprint density at radius 2 is 1.71 bits per heavy atom. The Balaban J connectivity index is 2.18. The normalized spacial score (nSPS) is 29.5. The number of hydrogen-bond donors (Lipinski definition) is 0. The smallest absolute Gasteiger partial charge is 0.331 e. The summed E-state index contributed by atoms with van der Waals surface area (Å²) in [4.78, 5) is 40.5. The molecule has 2 fully saturated rings. The molecule has 7 heteroatoms. The Labute approximate surface area is 164 Å². The third-order valence-corrected chi connectivity index (χ3v) is 5.79. The Hall–Kier alpha value is -2.67. The maximum Gasteiger partial charge on any atom is 0.331 e. The van der Waals surface area contributed by atoms with Crippen LogP contribution in [0.5, 0.6) is 0 Å². The summed E-state index contributed by atoms with van der Waals surface area (Å²) in [7, 11) is 3.82. The molecule has 1 aromatic rings. The summed E-state index contributed by atoms with van der Waals surface area (Å²) in [6.07, 6.45) is 4.95. The minimum atomic E-state index is -1.43. The molecule has 1 aromatic carbocycles. The molecule has 0 N–H and O–H groups in total. The monoisotopic (exact) mass is 387 g/mol. The number of hydrogen-bond acceptors (Lipinski definition) is 7. The summed E-state index contributed by atoms with van der Waals surface area (Å²) in [6, 6.07) is 9.14. The minimum Gasteiger partial charge on any atom is -0.469 e. The lowest BCUT2D eigenvalue weighted by atomic mass is 9.76. The van der Waals surface area contributed by atoms with Crippen molar-refractivity contribution in [2.45, 2.75) is 24.4 Å². The largest absolute Gasteiger partial charge is 0.469 e. The van der Waals surface area contributed by atoms with Crippen LogP contribution in [-0.4, -0.2) is 62.3 Å². The predicted octanol–water partition coefficient (Wildman–Crippen LogP) is 1.67. The number of benzene rings is 1. The van der Waals surface area contributed by atoms with Crippen LogP contribution in [0.2, 0.25) is 0 Å². The lowest BCUT2D eigenvalue weighted by Crippen LogP contribution is -2.56. The molecule has 0 saturated carbocycles. The second kappa shape index (κ2) is 8.14. The van der Waals surface area contributed by atoms with Crippen molar-refractivity contribution >= 4 is 24.0 Å². The van der Waals surface area contributed by atoms with Gasteiger partial charge in [-0.2, -0.15) is 0 Å². The van der Waals surface area contributed by atoms with E-state index in [2.05, 4.69) is 0 Å². The zero-order valence-corrected chi connectivity index (χ0v) is 16.3. The van der Waals surface area contributed by atoms with Gasteiger partial charge in [0.25, 0.3) is 0 Å². The van der Waals surface area contributed by atoms with Gasteiger partial charge in [0.15, 0.2) is 5.54 Å². The van der Waals surface area contributed by atoms with Crippen LogP contribution in [0.1, 0.15) is 18.4 Å². The second-order valence-corrected chi connectivity index (χ2v) is 7.01. The van der Waals surface area contributed by atoms with E-state index >= 15 is 0 Å². The van der Waals surface area contributed by atoms with Gasteiger partial charge in [-0.05, 0) is 24.9 Å². The molecular formula is C21H25NO6.